The van der Waals surface area contributed by atoms with Crippen LogP contribution in [0.5, 0.6) is 0 Å². The lowest BCUT2D eigenvalue weighted by molar-refractivity contribution is 0.0857. The number of hydrogen-bond acceptors (Lipinski definition) is 5. The number of rotatable bonds is 3. The lowest BCUT2D eigenvalue weighted by Gasteiger charge is -2.12. The standard InChI is InChI=1S/C8H12ClN5O/c1-14(2)13-8(15)5-3-6(9)11-7(4-5)12-10/h3-4H,10H2,1-2H3,(H,11,12)(H,13,15). The second-order valence-electron chi connectivity index (χ2n) is 3.04. The number of nitrogens with zero attached hydrogens (tertiary/aromatic N) is 2. The lowest BCUT2D eigenvalue weighted by Crippen LogP contribution is -2.36. The van der Waals surface area contributed by atoms with Crippen LogP contribution in [0.1, 0.15) is 10.4 Å². The van der Waals surface area contributed by atoms with Crippen LogP contribution < -0.4 is 16.7 Å². The highest BCUT2D eigenvalue weighted by atomic mass is 35.5. The van der Waals surface area contributed by atoms with Crippen LogP contribution in [0.15, 0.2) is 12.1 Å². The molecule has 1 rings (SSSR count). The molecule has 1 amide bonds. The molecule has 0 radical (unpaired) electrons. The summed E-state index contributed by atoms with van der Waals surface area (Å²) < 4.78 is 0. The van der Waals surface area contributed by atoms with Crippen LogP contribution in [0.3, 0.4) is 0 Å². The van der Waals surface area contributed by atoms with E-state index >= 15 is 0 Å². The molecule has 0 spiro atoms. The molecule has 0 aliphatic rings. The Balaban J connectivity index is 2.93. The van der Waals surface area contributed by atoms with Crippen molar-refractivity contribution in [3.8, 4) is 0 Å². The van der Waals surface area contributed by atoms with E-state index in [0.29, 0.717) is 11.4 Å². The number of nitrogen functional groups attached to an aromatic ring is 1. The van der Waals surface area contributed by atoms with Gasteiger partial charge in [-0.3, -0.25) is 10.2 Å². The molecule has 0 aliphatic carbocycles. The highest BCUT2D eigenvalue weighted by molar-refractivity contribution is 6.29. The van der Waals surface area contributed by atoms with Gasteiger partial charge in [-0.2, -0.15) is 0 Å². The molecule has 0 fully saturated rings. The fourth-order valence-corrected chi connectivity index (χ4v) is 1.18. The Kier molecular flexibility index (Phi) is 3.84. The normalized spacial score (nSPS) is 10.2. The highest BCUT2D eigenvalue weighted by Crippen LogP contribution is 2.13. The first-order chi connectivity index (χ1) is 7.02. The smallest absolute Gasteiger partial charge is 0.265 e. The third-order valence-electron chi connectivity index (χ3n) is 1.53. The van der Waals surface area contributed by atoms with Crippen LogP contribution in [0.4, 0.5) is 5.82 Å². The first-order valence-electron chi connectivity index (χ1n) is 4.15. The number of anilines is 1. The van der Waals surface area contributed by atoms with Crippen molar-refractivity contribution in [1.29, 1.82) is 0 Å². The predicted octanol–water partition coefficient (Wildman–Crippen LogP) is 0.227. The summed E-state index contributed by atoms with van der Waals surface area (Å²) in [5.74, 6) is 5.24. The van der Waals surface area contributed by atoms with Crippen molar-refractivity contribution in [2.24, 2.45) is 5.84 Å². The van der Waals surface area contributed by atoms with Crippen LogP contribution >= 0.6 is 11.6 Å². The average Bonchev–Trinajstić information content (AvgIpc) is 2.15. The summed E-state index contributed by atoms with van der Waals surface area (Å²) >= 11 is 5.71. The van der Waals surface area contributed by atoms with Gasteiger partial charge in [-0.15, -0.1) is 0 Å². The molecule has 1 aromatic rings. The number of carbonyl (C=O) groups excluding carboxylic acids is 1. The van der Waals surface area contributed by atoms with E-state index in [-0.39, 0.29) is 11.1 Å². The molecule has 7 heteroatoms. The average molecular weight is 230 g/mol. The van der Waals surface area contributed by atoms with Crippen LogP contribution in [0.25, 0.3) is 0 Å². The third-order valence-corrected chi connectivity index (χ3v) is 1.72. The summed E-state index contributed by atoms with van der Waals surface area (Å²) in [6.07, 6.45) is 0. The Morgan fingerprint density at radius 3 is 2.73 bits per heavy atom. The van der Waals surface area contributed by atoms with Crippen molar-refractivity contribution in [2.45, 2.75) is 0 Å². The minimum atomic E-state index is -0.277. The van der Waals surface area contributed by atoms with Crippen LogP contribution in [0.2, 0.25) is 5.15 Å². The van der Waals surface area contributed by atoms with Gasteiger partial charge in [0.2, 0.25) is 0 Å². The summed E-state index contributed by atoms with van der Waals surface area (Å²) in [7, 11) is 3.42. The van der Waals surface area contributed by atoms with Crippen molar-refractivity contribution in [2.75, 3.05) is 19.5 Å². The summed E-state index contributed by atoms with van der Waals surface area (Å²) in [6, 6.07) is 2.96. The molecule has 0 aromatic carbocycles. The maximum Gasteiger partial charge on any atom is 0.265 e. The zero-order valence-electron chi connectivity index (χ0n) is 8.41. The van der Waals surface area contributed by atoms with Crippen molar-refractivity contribution < 1.29 is 4.79 Å². The Hall–Kier alpha value is -1.37. The molecule has 4 N–H and O–H groups in total. The van der Waals surface area contributed by atoms with Crippen molar-refractivity contribution in [3.05, 3.63) is 22.8 Å². The van der Waals surface area contributed by atoms with Gasteiger partial charge < -0.3 is 5.43 Å². The molecule has 0 unspecified atom stereocenters. The summed E-state index contributed by atoms with van der Waals surface area (Å²) in [5.41, 5.74) is 5.29. The summed E-state index contributed by atoms with van der Waals surface area (Å²) in [5, 5.41) is 1.74. The van der Waals surface area contributed by atoms with Gasteiger partial charge in [0.1, 0.15) is 11.0 Å². The fourth-order valence-electron chi connectivity index (χ4n) is 0.970. The SMILES string of the molecule is CN(C)NC(=O)c1cc(Cl)nc(NN)c1. The summed E-state index contributed by atoms with van der Waals surface area (Å²) in [4.78, 5) is 15.4. The second-order valence-corrected chi connectivity index (χ2v) is 3.43. The van der Waals surface area contributed by atoms with Crippen LogP contribution in [-0.2, 0) is 0 Å². The van der Waals surface area contributed by atoms with Crippen LogP contribution in [0, 0.1) is 0 Å². The number of carbonyl (C=O) groups is 1. The quantitative estimate of drug-likeness (QED) is 0.393. The van der Waals surface area contributed by atoms with Crippen LogP contribution in [-0.4, -0.2) is 30.0 Å². The number of hydrazine groups is 2. The Bertz CT molecular complexity index is 368. The fraction of sp³-hybridized carbons (Fsp3) is 0.250. The van der Waals surface area contributed by atoms with E-state index in [0.717, 1.165) is 0 Å². The third kappa shape index (κ3) is 3.35. The van der Waals surface area contributed by atoms with Gasteiger partial charge in [0.15, 0.2) is 0 Å². The van der Waals surface area contributed by atoms with Gasteiger partial charge >= 0.3 is 0 Å². The predicted molar refractivity (Wildman–Crippen MR) is 58.2 cm³/mol. The van der Waals surface area contributed by atoms with Gasteiger partial charge in [0.25, 0.3) is 5.91 Å². The lowest BCUT2D eigenvalue weighted by atomic mass is 10.2. The summed E-state index contributed by atoms with van der Waals surface area (Å²) in [6.45, 7) is 0. The number of pyridine rings is 1. The van der Waals surface area contributed by atoms with E-state index in [1.54, 1.807) is 14.1 Å². The Labute approximate surface area is 92.4 Å². The molecule has 0 bridgehead atoms. The number of nitrogens with two attached hydrogens (primary N) is 1. The molecule has 0 atom stereocenters. The minimum absolute atomic E-state index is 0.203. The first-order valence-corrected chi connectivity index (χ1v) is 4.53. The molecule has 6 nitrogen and oxygen atoms in total. The molecule has 0 saturated carbocycles. The zero-order valence-corrected chi connectivity index (χ0v) is 9.17. The van der Waals surface area contributed by atoms with Gasteiger partial charge in [-0.05, 0) is 12.1 Å². The van der Waals surface area contributed by atoms with Gasteiger partial charge in [-0.25, -0.2) is 15.8 Å². The molecule has 0 aliphatic heterocycles. The van der Waals surface area contributed by atoms with Crippen molar-refractivity contribution >= 4 is 23.3 Å². The van der Waals surface area contributed by atoms with E-state index in [9.17, 15) is 4.79 Å². The minimum Gasteiger partial charge on any atom is -0.308 e. The van der Waals surface area contributed by atoms with Crippen molar-refractivity contribution in [3.63, 3.8) is 0 Å². The van der Waals surface area contributed by atoms with E-state index in [1.807, 2.05) is 0 Å². The molecule has 1 aromatic heterocycles. The number of nitrogens with one attached hydrogen (secondary N) is 2. The Morgan fingerprint density at radius 2 is 2.20 bits per heavy atom. The number of amides is 1. The van der Waals surface area contributed by atoms with E-state index in [4.69, 9.17) is 17.4 Å². The van der Waals surface area contributed by atoms with Gasteiger partial charge in [0, 0.05) is 19.7 Å². The maximum atomic E-state index is 11.6. The zero-order chi connectivity index (χ0) is 11.4. The van der Waals surface area contributed by atoms with Crippen molar-refractivity contribution in [1.82, 2.24) is 15.4 Å². The van der Waals surface area contributed by atoms with E-state index in [2.05, 4.69) is 15.8 Å². The molecular weight excluding hydrogens is 218 g/mol. The topological polar surface area (TPSA) is 83.3 Å². The molecule has 1 heterocycles. The first kappa shape index (κ1) is 11.7. The molecular formula is C8H12ClN5O. The largest absolute Gasteiger partial charge is 0.308 e. The molecule has 0 saturated heterocycles. The molecule has 82 valence electrons. The maximum absolute atomic E-state index is 11.6. The molecule has 15 heavy (non-hydrogen) atoms. The highest BCUT2D eigenvalue weighted by Gasteiger charge is 2.09. The monoisotopic (exact) mass is 229 g/mol. The van der Waals surface area contributed by atoms with Gasteiger partial charge in [0.05, 0.1) is 0 Å². The Morgan fingerprint density at radius 1 is 1.53 bits per heavy atom. The van der Waals surface area contributed by atoms with E-state index in [1.165, 1.54) is 17.1 Å². The number of hydrogen-bond donors (Lipinski definition) is 3. The van der Waals surface area contributed by atoms with E-state index < -0.39 is 0 Å². The second kappa shape index (κ2) is 4.92. The number of aromatic nitrogens is 1. The van der Waals surface area contributed by atoms with Gasteiger partial charge in [-0.1, -0.05) is 11.6 Å². The number of halogens is 1.